The molecule has 0 bridgehead atoms. The summed E-state index contributed by atoms with van der Waals surface area (Å²) in [6, 6.07) is 18.6. The lowest BCUT2D eigenvalue weighted by atomic mass is 10.1. The van der Waals surface area contributed by atoms with Crippen LogP contribution in [0.2, 0.25) is 0 Å². The number of nitrogens with one attached hydrogen (secondary N) is 4. The quantitative estimate of drug-likeness (QED) is 0.193. The highest BCUT2D eigenvalue weighted by molar-refractivity contribution is 7.20. The highest BCUT2D eigenvalue weighted by atomic mass is 32.1. The SMILES string of the molecule is O=C(Nc1cc(-c2cc(Nc3ccc(CNCCF)cn3)c(=O)[nH]n2)ccc1F)c1cc2ccccc2s1. The van der Waals surface area contributed by atoms with Crippen molar-refractivity contribution in [2.75, 3.05) is 23.9 Å². The molecule has 0 spiro atoms. The molecule has 0 aliphatic heterocycles. The van der Waals surface area contributed by atoms with Crippen molar-refractivity contribution in [3.63, 3.8) is 0 Å². The number of rotatable bonds is 9. The number of carbonyl (C=O) groups is 1. The number of aromatic nitrogens is 3. The zero-order chi connectivity index (χ0) is 26.5. The van der Waals surface area contributed by atoms with Crippen LogP contribution in [-0.4, -0.2) is 34.3 Å². The van der Waals surface area contributed by atoms with Gasteiger partial charge in [0.1, 0.15) is 24.0 Å². The predicted octanol–water partition coefficient (Wildman–Crippen LogP) is 5.24. The van der Waals surface area contributed by atoms with Crippen molar-refractivity contribution >= 4 is 44.5 Å². The van der Waals surface area contributed by atoms with Crippen LogP contribution in [0.4, 0.5) is 26.0 Å². The van der Waals surface area contributed by atoms with Crippen molar-refractivity contribution in [3.05, 3.63) is 99.5 Å². The van der Waals surface area contributed by atoms with Gasteiger partial charge >= 0.3 is 0 Å². The minimum atomic E-state index is -0.601. The lowest BCUT2D eigenvalue weighted by Crippen LogP contribution is -2.16. The minimum absolute atomic E-state index is 0.00825. The third-order valence-corrected chi connectivity index (χ3v) is 6.77. The lowest BCUT2D eigenvalue weighted by Gasteiger charge is -2.10. The van der Waals surface area contributed by atoms with Crippen molar-refractivity contribution in [1.82, 2.24) is 20.5 Å². The summed E-state index contributed by atoms with van der Waals surface area (Å²) in [5, 5.41) is 16.0. The first kappa shape index (κ1) is 25.2. The number of benzene rings is 2. The van der Waals surface area contributed by atoms with E-state index >= 15 is 0 Å². The van der Waals surface area contributed by atoms with E-state index in [2.05, 4.69) is 31.1 Å². The van der Waals surface area contributed by atoms with Gasteiger partial charge < -0.3 is 16.0 Å². The number of halogens is 2. The summed E-state index contributed by atoms with van der Waals surface area (Å²) < 4.78 is 27.8. The van der Waals surface area contributed by atoms with Crippen LogP contribution in [0.1, 0.15) is 15.2 Å². The molecule has 0 atom stereocenters. The van der Waals surface area contributed by atoms with Crippen molar-refractivity contribution in [3.8, 4) is 11.3 Å². The van der Waals surface area contributed by atoms with E-state index < -0.39 is 24.0 Å². The number of alkyl halides is 1. The van der Waals surface area contributed by atoms with E-state index in [1.807, 2.05) is 30.3 Å². The zero-order valence-electron chi connectivity index (χ0n) is 19.9. The fourth-order valence-corrected chi connectivity index (χ4v) is 4.70. The molecule has 2 aromatic carbocycles. The molecule has 0 saturated heterocycles. The summed E-state index contributed by atoms with van der Waals surface area (Å²) in [7, 11) is 0. The summed E-state index contributed by atoms with van der Waals surface area (Å²) in [4.78, 5) is 29.9. The second-order valence-electron chi connectivity index (χ2n) is 8.34. The first-order valence-electron chi connectivity index (χ1n) is 11.7. The number of amides is 1. The molecule has 3 aromatic heterocycles. The number of H-pyrrole nitrogens is 1. The molecule has 5 rings (SSSR count). The Kier molecular flexibility index (Phi) is 7.47. The molecule has 11 heteroatoms. The smallest absolute Gasteiger partial charge is 0.287 e. The van der Waals surface area contributed by atoms with Crippen LogP contribution in [0.5, 0.6) is 0 Å². The molecule has 192 valence electrons. The second-order valence-corrected chi connectivity index (χ2v) is 9.42. The summed E-state index contributed by atoms with van der Waals surface area (Å²) in [5.41, 5.74) is 1.42. The van der Waals surface area contributed by atoms with Gasteiger partial charge in [-0.3, -0.25) is 9.59 Å². The van der Waals surface area contributed by atoms with Crippen LogP contribution >= 0.6 is 11.3 Å². The number of pyridine rings is 1. The number of hydrogen-bond donors (Lipinski definition) is 4. The number of aromatic amines is 1. The van der Waals surface area contributed by atoms with Gasteiger partial charge in [0.25, 0.3) is 11.5 Å². The predicted molar refractivity (Wildman–Crippen MR) is 145 cm³/mol. The number of nitrogens with zero attached hydrogens (tertiary/aromatic N) is 2. The zero-order valence-corrected chi connectivity index (χ0v) is 20.7. The first-order valence-corrected chi connectivity index (χ1v) is 12.5. The lowest BCUT2D eigenvalue weighted by molar-refractivity contribution is 0.103. The summed E-state index contributed by atoms with van der Waals surface area (Å²) in [5.74, 6) is -0.595. The van der Waals surface area contributed by atoms with Crippen molar-refractivity contribution in [2.45, 2.75) is 6.54 Å². The van der Waals surface area contributed by atoms with E-state index in [4.69, 9.17) is 0 Å². The molecule has 0 fully saturated rings. The van der Waals surface area contributed by atoms with Gasteiger partial charge in [-0.2, -0.15) is 5.10 Å². The molecule has 3 heterocycles. The minimum Gasteiger partial charge on any atom is -0.336 e. The van der Waals surface area contributed by atoms with E-state index in [1.165, 1.54) is 35.6 Å². The molecule has 5 aromatic rings. The first-order chi connectivity index (χ1) is 18.5. The molecule has 4 N–H and O–H groups in total. The average molecular weight is 533 g/mol. The Balaban J connectivity index is 1.34. The number of fused-ring (bicyclic) bond motifs is 1. The van der Waals surface area contributed by atoms with Gasteiger partial charge in [-0.15, -0.1) is 11.3 Å². The van der Waals surface area contributed by atoms with E-state index in [1.54, 1.807) is 18.3 Å². The van der Waals surface area contributed by atoms with Crippen molar-refractivity contribution in [1.29, 1.82) is 0 Å². The van der Waals surface area contributed by atoms with E-state index in [9.17, 15) is 18.4 Å². The number of thiophene rings is 1. The molecule has 38 heavy (non-hydrogen) atoms. The monoisotopic (exact) mass is 532 g/mol. The Labute approximate surface area is 219 Å². The Bertz CT molecular complexity index is 1620. The van der Waals surface area contributed by atoms with Gasteiger partial charge in [0.15, 0.2) is 0 Å². The van der Waals surface area contributed by atoms with Gasteiger partial charge in [0.2, 0.25) is 0 Å². The van der Waals surface area contributed by atoms with Gasteiger partial charge in [-0.05, 0) is 53.4 Å². The number of hydrogen-bond acceptors (Lipinski definition) is 7. The third kappa shape index (κ3) is 5.74. The number of anilines is 3. The summed E-state index contributed by atoms with van der Waals surface area (Å²) in [6.07, 6.45) is 1.62. The highest BCUT2D eigenvalue weighted by Gasteiger charge is 2.15. The molecule has 0 aliphatic carbocycles. The Morgan fingerprint density at radius 3 is 2.68 bits per heavy atom. The molecule has 0 aliphatic rings. The summed E-state index contributed by atoms with van der Waals surface area (Å²) >= 11 is 1.32. The van der Waals surface area contributed by atoms with E-state index in [0.29, 0.717) is 28.5 Å². The van der Waals surface area contributed by atoms with Crippen molar-refractivity contribution in [2.24, 2.45) is 0 Å². The van der Waals surface area contributed by atoms with Crippen LogP contribution in [0.25, 0.3) is 21.3 Å². The van der Waals surface area contributed by atoms with Crippen LogP contribution < -0.4 is 21.5 Å². The maximum absolute atomic E-state index is 14.6. The van der Waals surface area contributed by atoms with Crippen molar-refractivity contribution < 1.29 is 13.6 Å². The fourth-order valence-electron chi connectivity index (χ4n) is 3.75. The standard InChI is InChI=1S/C27H22F2N6O2S/c28-9-10-30-14-16-5-8-25(31-15-16)32-22-13-20(34-35-26(22)36)17-6-7-19(29)21(11-17)33-27(37)24-12-18-3-1-2-4-23(18)38-24/h1-8,11-13,15,30H,9-10,14H2,(H,33,37)(H,35,36)(H,31,32,34). The maximum atomic E-state index is 14.6. The topological polar surface area (TPSA) is 112 Å². The Morgan fingerprint density at radius 1 is 1.03 bits per heavy atom. The number of carbonyl (C=O) groups excluding carboxylic acids is 1. The Morgan fingerprint density at radius 2 is 1.89 bits per heavy atom. The largest absolute Gasteiger partial charge is 0.336 e. The maximum Gasteiger partial charge on any atom is 0.287 e. The average Bonchev–Trinajstić information content (AvgIpc) is 3.37. The van der Waals surface area contributed by atoms with Gasteiger partial charge in [-0.1, -0.05) is 24.3 Å². The molecule has 8 nitrogen and oxygen atoms in total. The second kappa shape index (κ2) is 11.3. The highest BCUT2D eigenvalue weighted by Crippen LogP contribution is 2.28. The van der Waals surface area contributed by atoms with Crippen LogP contribution in [0.15, 0.2) is 77.7 Å². The molecule has 0 radical (unpaired) electrons. The van der Waals surface area contributed by atoms with Crippen LogP contribution in [0.3, 0.4) is 0 Å². The fraction of sp³-hybridized carbons (Fsp3) is 0.111. The van der Waals surface area contributed by atoms with Gasteiger partial charge in [0, 0.05) is 29.5 Å². The van der Waals surface area contributed by atoms with Gasteiger partial charge in [-0.25, -0.2) is 18.9 Å². The Hall–Kier alpha value is -4.48. The normalized spacial score (nSPS) is 11.0. The van der Waals surface area contributed by atoms with E-state index in [-0.39, 0.29) is 17.9 Å². The van der Waals surface area contributed by atoms with Crippen LogP contribution in [0, 0.1) is 5.82 Å². The van der Waals surface area contributed by atoms with Crippen LogP contribution in [-0.2, 0) is 6.54 Å². The van der Waals surface area contributed by atoms with E-state index in [0.717, 1.165) is 15.6 Å². The molecular formula is C27H22F2N6O2S. The summed E-state index contributed by atoms with van der Waals surface area (Å²) in [6.45, 7) is 0.284. The molecule has 0 saturated carbocycles. The molecule has 0 unspecified atom stereocenters. The molecular weight excluding hydrogens is 510 g/mol. The molecule has 1 amide bonds. The van der Waals surface area contributed by atoms with Gasteiger partial charge in [0.05, 0.1) is 16.3 Å². The third-order valence-electron chi connectivity index (χ3n) is 5.65.